The molecule has 0 atom stereocenters. The number of halogens is 1. The van der Waals surface area contributed by atoms with Gasteiger partial charge in [-0.2, -0.15) is 0 Å². The normalized spacial score (nSPS) is 10.5. The van der Waals surface area contributed by atoms with E-state index < -0.39 is 0 Å². The summed E-state index contributed by atoms with van der Waals surface area (Å²) < 4.78 is 0. The molecule has 0 bridgehead atoms. The van der Waals surface area contributed by atoms with Crippen molar-refractivity contribution in [3.63, 3.8) is 0 Å². The van der Waals surface area contributed by atoms with Crippen molar-refractivity contribution >= 4 is 34.7 Å². The summed E-state index contributed by atoms with van der Waals surface area (Å²) in [5.74, 6) is 0.240. The number of carbonyl (C=O) groups is 1. The predicted octanol–water partition coefficient (Wildman–Crippen LogP) is 5.05. The van der Waals surface area contributed by atoms with E-state index >= 15 is 0 Å². The molecular weight excluding hydrogens is 348 g/mol. The SMILES string of the molecule is Cc1ccc(NC(=O)c2cnc(Nc3cccc(C)c3C)cn2)cc1Cl. The van der Waals surface area contributed by atoms with Crippen LogP contribution in [0, 0.1) is 20.8 Å². The van der Waals surface area contributed by atoms with Crippen LogP contribution < -0.4 is 10.6 Å². The van der Waals surface area contributed by atoms with Crippen LogP contribution in [0.5, 0.6) is 0 Å². The summed E-state index contributed by atoms with van der Waals surface area (Å²) in [6.07, 6.45) is 2.98. The summed E-state index contributed by atoms with van der Waals surface area (Å²) in [7, 11) is 0. The van der Waals surface area contributed by atoms with E-state index in [1.54, 1.807) is 18.3 Å². The van der Waals surface area contributed by atoms with Crippen molar-refractivity contribution in [1.29, 1.82) is 0 Å². The molecule has 0 aliphatic rings. The van der Waals surface area contributed by atoms with Gasteiger partial charge in [-0.05, 0) is 55.7 Å². The zero-order chi connectivity index (χ0) is 18.7. The molecule has 1 amide bonds. The molecule has 2 N–H and O–H groups in total. The maximum absolute atomic E-state index is 12.3. The van der Waals surface area contributed by atoms with Crippen molar-refractivity contribution in [2.75, 3.05) is 10.6 Å². The Balaban J connectivity index is 1.71. The zero-order valence-electron chi connectivity index (χ0n) is 14.8. The Labute approximate surface area is 157 Å². The fourth-order valence-corrected chi connectivity index (χ4v) is 2.58. The summed E-state index contributed by atoms with van der Waals surface area (Å²) in [5.41, 5.74) is 5.10. The molecule has 0 saturated carbocycles. The number of benzene rings is 2. The van der Waals surface area contributed by atoms with E-state index in [2.05, 4.69) is 33.6 Å². The van der Waals surface area contributed by atoms with Gasteiger partial charge >= 0.3 is 0 Å². The van der Waals surface area contributed by atoms with Gasteiger partial charge in [0.25, 0.3) is 5.91 Å². The van der Waals surface area contributed by atoms with E-state index in [1.807, 2.05) is 32.0 Å². The first-order valence-electron chi connectivity index (χ1n) is 8.17. The second-order valence-electron chi connectivity index (χ2n) is 6.08. The van der Waals surface area contributed by atoms with Crippen LogP contribution in [0.4, 0.5) is 17.2 Å². The van der Waals surface area contributed by atoms with Gasteiger partial charge in [0.2, 0.25) is 0 Å². The van der Waals surface area contributed by atoms with Crippen molar-refractivity contribution in [3.8, 4) is 0 Å². The van der Waals surface area contributed by atoms with Crippen molar-refractivity contribution in [2.45, 2.75) is 20.8 Å². The number of aromatic nitrogens is 2. The summed E-state index contributed by atoms with van der Waals surface area (Å²) in [5, 5.41) is 6.58. The minimum atomic E-state index is -0.337. The van der Waals surface area contributed by atoms with Crippen molar-refractivity contribution in [1.82, 2.24) is 9.97 Å². The third-order valence-electron chi connectivity index (χ3n) is 4.18. The van der Waals surface area contributed by atoms with Crippen LogP contribution >= 0.6 is 11.6 Å². The summed E-state index contributed by atoms with van der Waals surface area (Å²) in [6, 6.07) is 11.4. The lowest BCUT2D eigenvalue weighted by atomic mass is 10.1. The van der Waals surface area contributed by atoms with Gasteiger partial charge in [-0.1, -0.05) is 29.8 Å². The zero-order valence-corrected chi connectivity index (χ0v) is 15.6. The van der Waals surface area contributed by atoms with Gasteiger partial charge in [-0.3, -0.25) is 4.79 Å². The number of nitrogens with zero attached hydrogens (tertiary/aromatic N) is 2. The number of rotatable bonds is 4. The Morgan fingerprint density at radius 3 is 2.50 bits per heavy atom. The molecule has 26 heavy (non-hydrogen) atoms. The van der Waals surface area contributed by atoms with Gasteiger partial charge in [0, 0.05) is 16.4 Å². The van der Waals surface area contributed by atoms with Gasteiger partial charge in [-0.15, -0.1) is 0 Å². The first-order chi connectivity index (χ1) is 12.4. The molecule has 5 nitrogen and oxygen atoms in total. The number of hydrogen-bond donors (Lipinski definition) is 2. The van der Waals surface area contributed by atoms with Crippen LogP contribution in [0.2, 0.25) is 5.02 Å². The number of hydrogen-bond acceptors (Lipinski definition) is 4. The van der Waals surface area contributed by atoms with Crippen molar-refractivity contribution < 1.29 is 4.79 Å². The van der Waals surface area contributed by atoms with Crippen LogP contribution in [-0.4, -0.2) is 15.9 Å². The molecule has 1 heterocycles. The molecule has 0 aliphatic carbocycles. The first kappa shape index (κ1) is 17.9. The predicted molar refractivity (Wildman–Crippen MR) is 105 cm³/mol. The number of anilines is 3. The average molecular weight is 367 g/mol. The van der Waals surface area contributed by atoms with E-state index in [9.17, 15) is 4.79 Å². The molecule has 0 unspecified atom stereocenters. The molecule has 2 aromatic carbocycles. The number of nitrogens with one attached hydrogen (secondary N) is 2. The molecule has 0 aliphatic heterocycles. The van der Waals surface area contributed by atoms with Gasteiger partial charge in [-0.25, -0.2) is 9.97 Å². The van der Waals surface area contributed by atoms with Gasteiger partial charge in [0.15, 0.2) is 0 Å². The Morgan fingerprint density at radius 2 is 1.81 bits per heavy atom. The Morgan fingerprint density at radius 1 is 1.00 bits per heavy atom. The minimum absolute atomic E-state index is 0.230. The Bertz CT molecular complexity index is 955. The third kappa shape index (κ3) is 4.00. The largest absolute Gasteiger partial charge is 0.339 e. The second kappa shape index (κ2) is 7.54. The molecule has 1 aromatic heterocycles. The van der Waals surface area contributed by atoms with E-state index in [1.165, 1.54) is 11.8 Å². The van der Waals surface area contributed by atoms with Crippen LogP contribution in [0.3, 0.4) is 0 Å². The summed E-state index contributed by atoms with van der Waals surface area (Å²) >= 11 is 6.08. The molecule has 3 rings (SSSR count). The van der Waals surface area contributed by atoms with E-state index in [-0.39, 0.29) is 11.6 Å². The highest BCUT2D eigenvalue weighted by molar-refractivity contribution is 6.31. The van der Waals surface area contributed by atoms with E-state index in [4.69, 9.17) is 11.6 Å². The lowest BCUT2D eigenvalue weighted by Crippen LogP contribution is -2.14. The topological polar surface area (TPSA) is 66.9 Å². The smallest absolute Gasteiger partial charge is 0.275 e. The quantitative estimate of drug-likeness (QED) is 0.678. The van der Waals surface area contributed by atoms with Crippen LogP contribution in [0.15, 0.2) is 48.8 Å². The monoisotopic (exact) mass is 366 g/mol. The lowest BCUT2D eigenvalue weighted by molar-refractivity contribution is 0.102. The molecule has 132 valence electrons. The molecule has 0 spiro atoms. The van der Waals surface area contributed by atoms with Crippen LogP contribution in [-0.2, 0) is 0 Å². The summed E-state index contributed by atoms with van der Waals surface area (Å²) in [4.78, 5) is 20.8. The van der Waals surface area contributed by atoms with Crippen molar-refractivity contribution in [2.24, 2.45) is 0 Å². The van der Waals surface area contributed by atoms with Crippen LogP contribution in [0.1, 0.15) is 27.2 Å². The van der Waals surface area contributed by atoms with Gasteiger partial charge in [0.05, 0.1) is 12.4 Å². The Kier molecular flexibility index (Phi) is 5.19. The number of amides is 1. The molecule has 0 radical (unpaired) electrons. The van der Waals surface area contributed by atoms with Crippen LogP contribution in [0.25, 0.3) is 0 Å². The minimum Gasteiger partial charge on any atom is -0.339 e. The van der Waals surface area contributed by atoms with E-state index in [0.29, 0.717) is 16.5 Å². The maximum Gasteiger partial charge on any atom is 0.275 e. The first-order valence-corrected chi connectivity index (χ1v) is 8.54. The molecule has 0 fully saturated rings. The third-order valence-corrected chi connectivity index (χ3v) is 4.59. The molecular formula is C20H19ClN4O. The second-order valence-corrected chi connectivity index (χ2v) is 6.48. The fourth-order valence-electron chi connectivity index (χ4n) is 2.40. The van der Waals surface area contributed by atoms with E-state index in [0.717, 1.165) is 16.8 Å². The number of carbonyl (C=O) groups excluding carboxylic acids is 1. The maximum atomic E-state index is 12.3. The highest BCUT2D eigenvalue weighted by atomic mass is 35.5. The Hall–Kier alpha value is -2.92. The standard InChI is InChI=1S/C20H19ClN4O/c1-12-5-4-6-17(14(12)3)25-19-11-22-18(10-23-19)20(26)24-15-8-7-13(2)16(21)9-15/h4-11H,1-3H3,(H,23,25)(H,24,26). The highest BCUT2D eigenvalue weighted by Gasteiger charge is 2.10. The van der Waals surface area contributed by atoms with Gasteiger partial charge < -0.3 is 10.6 Å². The average Bonchev–Trinajstić information content (AvgIpc) is 2.63. The summed E-state index contributed by atoms with van der Waals surface area (Å²) in [6.45, 7) is 6.00. The molecule has 0 saturated heterocycles. The molecule has 6 heteroatoms. The number of aryl methyl sites for hydroxylation is 2. The van der Waals surface area contributed by atoms with Crippen molar-refractivity contribution in [3.05, 3.63) is 76.2 Å². The fraction of sp³-hybridized carbons (Fsp3) is 0.150. The lowest BCUT2D eigenvalue weighted by Gasteiger charge is -2.11. The van der Waals surface area contributed by atoms with Gasteiger partial charge in [0.1, 0.15) is 11.5 Å². The molecule has 3 aromatic rings. The highest BCUT2D eigenvalue weighted by Crippen LogP contribution is 2.22.